The fourth-order valence-electron chi connectivity index (χ4n) is 3.97. The third-order valence-electron chi connectivity index (χ3n) is 5.77. The Kier molecular flexibility index (Phi) is 4.99. The highest BCUT2D eigenvalue weighted by Gasteiger charge is 2.31. The van der Waals surface area contributed by atoms with E-state index in [4.69, 9.17) is 9.97 Å². The third-order valence-corrected chi connectivity index (χ3v) is 7.83. The number of rotatable bonds is 4. The minimum absolute atomic E-state index is 0.249. The fourth-order valence-corrected chi connectivity index (χ4v) is 6.04. The summed E-state index contributed by atoms with van der Waals surface area (Å²) in [6, 6.07) is 0.703. The Morgan fingerprint density at radius 3 is 2.50 bits per heavy atom. The smallest absolute Gasteiger partial charge is 0.233 e. The Morgan fingerprint density at radius 1 is 1.15 bits per heavy atom. The van der Waals surface area contributed by atoms with Crippen LogP contribution in [0.15, 0.2) is 5.03 Å². The molecular formula is C20H27N3OS2. The average molecular weight is 390 g/mol. The number of hydrogen-bond acceptors (Lipinski definition) is 5. The number of likely N-dealkylation sites (tertiary alicyclic amines) is 1. The molecule has 0 spiro atoms. The number of carbonyl (C=O) groups is 1. The Morgan fingerprint density at radius 2 is 1.85 bits per heavy atom. The molecule has 0 radical (unpaired) electrons. The topological polar surface area (TPSA) is 46.1 Å². The van der Waals surface area contributed by atoms with Crippen LogP contribution in [-0.2, 0) is 4.79 Å². The van der Waals surface area contributed by atoms with E-state index in [1.54, 1.807) is 23.1 Å². The van der Waals surface area contributed by atoms with E-state index in [0.717, 1.165) is 33.9 Å². The van der Waals surface area contributed by atoms with E-state index in [1.807, 2.05) is 0 Å². The molecule has 2 aromatic rings. The quantitative estimate of drug-likeness (QED) is 0.541. The number of nitrogens with zero attached hydrogens (tertiary/aromatic N) is 3. The van der Waals surface area contributed by atoms with E-state index in [2.05, 4.69) is 32.6 Å². The predicted molar refractivity (Wildman–Crippen MR) is 109 cm³/mol. The first-order valence-electron chi connectivity index (χ1n) is 9.67. The lowest BCUT2D eigenvalue weighted by Crippen LogP contribution is -2.48. The number of hydrogen-bond donors (Lipinski definition) is 0. The summed E-state index contributed by atoms with van der Waals surface area (Å²) in [5.74, 6) is 2.23. The molecule has 140 valence electrons. The molecule has 26 heavy (non-hydrogen) atoms. The molecule has 2 fully saturated rings. The van der Waals surface area contributed by atoms with Gasteiger partial charge in [0.05, 0.1) is 5.75 Å². The molecule has 1 aliphatic carbocycles. The molecular weight excluding hydrogens is 362 g/mol. The number of piperidine rings is 1. The summed E-state index contributed by atoms with van der Waals surface area (Å²) in [6.45, 7) is 8.65. The lowest BCUT2D eigenvalue weighted by atomic mass is 9.98. The zero-order chi connectivity index (χ0) is 18.4. The molecule has 2 atom stereocenters. The first kappa shape index (κ1) is 18.2. The fraction of sp³-hybridized carbons (Fsp3) is 0.650. The zero-order valence-electron chi connectivity index (χ0n) is 16.0. The molecule has 0 bridgehead atoms. The van der Waals surface area contributed by atoms with Gasteiger partial charge in [0.15, 0.2) is 0 Å². The van der Waals surface area contributed by atoms with Gasteiger partial charge < -0.3 is 4.90 Å². The summed E-state index contributed by atoms with van der Waals surface area (Å²) in [4.78, 5) is 27.1. The number of amides is 1. The number of aryl methyl sites for hydroxylation is 2. The first-order chi connectivity index (χ1) is 12.5. The molecule has 1 saturated carbocycles. The van der Waals surface area contributed by atoms with Crippen LogP contribution in [0.2, 0.25) is 0 Å². The van der Waals surface area contributed by atoms with Crippen LogP contribution in [0.25, 0.3) is 10.2 Å². The van der Waals surface area contributed by atoms with E-state index in [9.17, 15) is 4.79 Å². The normalized spacial score (nSPS) is 23.6. The van der Waals surface area contributed by atoms with Crippen molar-refractivity contribution < 1.29 is 4.79 Å². The van der Waals surface area contributed by atoms with Gasteiger partial charge in [0.2, 0.25) is 5.91 Å². The molecule has 2 aromatic heterocycles. The summed E-state index contributed by atoms with van der Waals surface area (Å²) in [5, 5.41) is 2.17. The molecule has 1 amide bonds. The first-order valence-corrected chi connectivity index (χ1v) is 11.5. The number of thiophene rings is 1. The third kappa shape index (κ3) is 3.38. The van der Waals surface area contributed by atoms with Crippen molar-refractivity contribution in [1.29, 1.82) is 0 Å². The minimum Gasteiger partial charge on any atom is -0.337 e. The molecule has 4 rings (SSSR count). The van der Waals surface area contributed by atoms with Crippen LogP contribution in [0.4, 0.5) is 0 Å². The van der Waals surface area contributed by atoms with E-state index in [-0.39, 0.29) is 5.91 Å². The predicted octanol–water partition coefficient (Wildman–Crippen LogP) is 5.07. The summed E-state index contributed by atoms with van der Waals surface area (Å²) >= 11 is 3.36. The minimum atomic E-state index is 0.249. The molecule has 1 aliphatic heterocycles. The second-order valence-electron chi connectivity index (χ2n) is 7.84. The Hall–Kier alpha value is -1.14. The maximum atomic E-state index is 12.9. The monoisotopic (exact) mass is 389 g/mol. The van der Waals surface area contributed by atoms with Gasteiger partial charge in [0.1, 0.15) is 15.7 Å². The standard InChI is InChI=1S/C20H27N3OS2/c1-11-6-5-7-12(2)23(11)16(24)10-25-19-17-13(3)14(4)26-20(17)22-18(21-19)15-8-9-15/h11-12,15H,5-10H2,1-4H3/t11-,12-/m1/s1. The summed E-state index contributed by atoms with van der Waals surface area (Å²) in [7, 11) is 0. The SMILES string of the molecule is Cc1sc2nc(C3CC3)nc(SCC(=O)N3[C@H](C)CCC[C@H]3C)c2c1C. The van der Waals surface area contributed by atoms with Crippen molar-refractivity contribution in [3.63, 3.8) is 0 Å². The molecule has 1 saturated heterocycles. The Balaban J connectivity index is 1.59. The van der Waals surface area contributed by atoms with Gasteiger partial charge in [-0.25, -0.2) is 9.97 Å². The molecule has 2 aliphatic rings. The van der Waals surface area contributed by atoms with Crippen molar-refractivity contribution in [2.24, 2.45) is 0 Å². The Bertz CT molecular complexity index is 833. The van der Waals surface area contributed by atoms with Crippen LogP contribution in [0.5, 0.6) is 0 Å². The zero-order valence-corrected chi connectivity index (χ0v) is 17.7. The maximum Gasteiger partial charge on any atom is 0.233 e. The van der Waals surface area contributed by atoms with Crippen molar-refractivity contribution in [3.8, 4) is 0 Å². The lowest BCUT2D eigenvalue weighted by molar-refractivity contribution is -0.134. The van der Waals surface area contributed by atoms with Crippen LogP contribution in [0, 0.1) is 13.8 Å². The number of carbonyl (C=O) groups excluding carboxylic acids is 1. The van der Waals surface area contributed by atoms with Gasteiger partial charge in [-0.05, 0) is 65.4 Å². The average Bonchev–Trinajstić information content (AvgIpc) is 3.40. The van der Waals surface area contributed by atoms with Crippen LogP contribution >= 0.6 is 23.1 Å². The molecule has 0 aromatic carbocycles. The molecule has 4 nitrogen and oxygen atoms in total. The van der Waals surface area contributed by atoms with Crippen molar-refractivity contribution in [3.05, 3.63) is 16.3 Å². The van der Waals surface area contributed by atoms with Crippen LogP contribution < -0.4 is 0 Å². The molecule has 3 heterocycles. The highest BCUT2D eigenvalue weighted by Crippen LogP contribution is 2.42. The van der Waals surface area contributed by atoms with Gasteiger partial charge in [0.25, 0.3) is 0 Å². The summed E-state index contributed by atoms with van der Waals surface area (Å²) < 4.78 is 0. The van der Waals surface area contributed by atoms with Gasteiger partial charge >= 0.3 is 0 Å². The van der Waals surface area contributed by atoms with E-state index in [0.29, 0.717) is 23.8 Å². The van der Waals surface area contributed by atoms with Gasteiger partial charge in [-0.1, -0.05) is 11.8 Å². The van der Waals surface area contributed by atoms with Crippen LogP contribution in [-0.4, -0.2) is 38.6 Å². The number of aromatic nitrogens is 2. The van der Waals surface area contributed by atoms with E-state index < -0.39 is 0 Å². The molecule has 0 unspecified atom stereocenters. The van der Waals surface area contributed by atoms with E-state index >= 15 is 0 Å². The maximum absolute atomic E-state index is 12.9. The number of fused-ring (bicyclic) bond motifs is 1. The number of thioether (sulfide) groups is 1. The van der Waals surface area contributed by atoms with Crippen LogP contribution in [0.3, 0.4) is 0 Å². The molecule has 6 heteroatoms. The second-order valence-corrected chi connectivity index (χ2v) is 10.0. The second kappa shape index (κ2) is 7.12. The van der Waals surface area contributed by atoms with Crippen molar-refractivity contribution in [2.75, 3.05) is 5.75 Å². The highest BCUT2D eigenvalue weighted by molar-refractivity contribution is 8.00. The van der Waals surface area contributed by atoms with Crippen molar-refractivity contribution in [1.82, 2.24) is 14.9 Å². The van der Waals surface area contributed by atoms with Crippen molar-refractivity contribution >= 4 is 39.2 Å². The van der Waals surface area contributed by atoms with E-state index in [1.165, 1.54) is 29.7 Å². The van der Waals surface area contributed by atoms with Crippen molar-refractivity contribution in [2.45, 2.75) is 82.8 Å². The summed E-state index contributed by atoms with van der Waals surface area (Å²) in [6.07, 6.45) is 5.85. The summed E-state index contributed by atoms with van der Waals surface area (Å²) in [5.41, 5.74) is 1.27. The lowest BCUT2D eigenvalue weighted by Gasteiger charge is -2.39. The molecule has 0 N–H and O–H groups in total. The van der Waals surface area contributed by atoms with Gasteiger partial charge in [0, 0.05) is 28.3 Å². The highest BCUT2D eigenvalue weighted by atomic mass is 32.2. The van der Waals surface area contributed by atoms with Crippen LogP contribution in [0.1, 0.15) is 68.1 Å². The Labute approximate surface area is 163 Å². The van der Waals surface area contributed by atoms with Gasteiger partial charge in [-0.3, -0.25) is 4.79 Å². The van der Waals surface area contributed by atoms with Gasteiger partial charge in [-0.15, -0.1) is 11.3 Å². The van der Waals surface area contributed by atoms with Gasteiger partial charge in [-0.2, -0.15) is 0 Å². The largest absolute Gasteiger partial charge is 0.337 e.